The highest BCUT2D eigenvalue weighted by atomic mass is 19.1. The standard InChI is InChI=1S/C10H12F2O3/c1-14-10(15-2)9(13)7-4-3-6(11)5-8(7)12/h3-5,9-10,13H,1-2H3. The van der Waals surface area contributed by atoms with E-state index in [-0.39, 0.29) is 5.56 Å². The van der Waals surface area contributed by atoms with E-state index >= 15 is 0 Å². The lowest BCUT2D eigenvalue weighted by Gasteiger charge is -2.20. The average Bonchev–Trinajstić information content (AvgIpc) is 2.19. The second-order valence-electron chi connectivity index (χ2n) is 2.95. The molecule has 0 heterocycles. The Bertz CT molecular complexity index is 326. The van der Waals surface area contributed by atoms with Crippen LogP contribution in [0, 0.1) is 11.6 Å². The molecule has 0 aromatic heterocycles. The Labute approximate surface area is 86.2 Å². The first kappa shape index (κ1) is 12.0. The first-order chi connectivity index (χ1) is 7.10. The quantitative estimate of drug-likeness (QED) is 0.780. The molecule has 1 atom stereocenters. The third kappa shape index (κ3) is 2.71. The summed E-state index contributed by atoms with van der Waals surface area (Å²) >= 11 is 0. The van der Waals surface area contributed by atoms with Crippen LogP contribution in [0.15, 0.2) is 18.2 Å². The van der Waals surface area contributed by atoms with Gasteiger partial charge < -0.3 is 14.6 Å². The summed E-state index contributed by atoms with van der Waals surface area (Å²) in [5, 5.41) is 9.64. The minimum atomic E-state index is -1.29. The van der Waals surface area contributed by atoms with Crippen molar-refractivity contribution in [3.8, 4) is 0 Å². The molecule has 0 aliphatic heterocycles. The number of halogens is 2. The van der Waals surface area contributed by atoms with Gasteiger partial charge >= 0.3 is 0 Å². The first-order valence-electron chi connectivity index (χ1n) is 4.28. The minimum absolute atomic E-state index is 0.0647. The van der Waals surface area contributed by atoms with Gasteiger partial charge in [0.25, 0.3) is 0 Å². The van der Waals surface area contributed by atoms with Crippen molar-refractivity contribution in [1.82, 2.24) is 0 Å². The number of aliphatic hydroxyl groups is 1. The van der Waals surface area contributed by atoms with Crippen molar-refractivity contribution in [2.24, 2.45) is 0 Å². The van der Waals surface area contributed by atoms with E-state index in [4.69, 9.17) is 9.47 Å². The molecule has 0 amide bonds. The van der Waals surface area contributed by atoms with Crippen LogP contribution in [-0.2, 0) is 9.47 Å². The Morgan fingerprint density at radius 1 is 1.20 bits per heavy atom. The molecule has 15 heavy (non-hydrogen) atoms. The molecule has 84 valence electrons. The van der Waals surface area contributed by atoms with E-state index in [0.717, 1.165) is 12.1 Å². The third-order valence-electron chi connectivity index (χ3n) is 2.00. The maximum Gasteiger partial charge on any atom is 0.187 e. The lowest BCUT2D eigenvalue weighted by Crippen LogP contribution is -2.23. The van der Waals surface area contributed by atoms with Crippen LogP contribution in [0.5, 0.6) is 0 Å². The van der Waals surface area contributed by atoms with Crippen molar-refractivity contribution in [3.05, 3.63) is 35.4 Å². The van der Waals surface area contributed by atoms with E-state index in [1.54, 1.807) is 0 Å². The number of aliphatic hydroxyl groups excluding tert-OH is 1. The summed E-state index contributed by atoms with van der Waals surface area (Å²) < 4.78 is 35.4. The van der Waals surface area contributed by atoms with Crippen molar-refractivity contribution in [3.63, 3.8) is 0 Å². The van der Waals surface area contributed by atoms with Crippen LogP contribution in [0.25, 0.3) is 0 Å². The molecular formula is C10H12F2O3. The molecule has 1 aromatic rings. The maximum absolute atomic E-state index is 13.2. The third-order valence-corrected chi connectivity index (χ3v) is 2.00. The molecule has 1 aromatic carbocycles. The summed E-state index contributed by atoms with van der Waals surface area (Å²) in [6.45, 7) is 0. The second kappa shape index (κ2) is 5.16. The Morgan fingerprint density at radius 3 is 2.27 bits per heavy atom. The topological polar surface area (TPSA) is 38.7 Å². The Hall–Kier alpha value is -1.04. The second-order valence-corrected chi connectivity index (χ2v) is 2.95. The summed E-state index contributed by atoms with van der Waals surface area (Å²) in [7, 11) is 2.64. The zero-order chi connectivity index (χ0) is 11.4. The van der Waals surface area contributed by atoms with E-state index < -0.39 is 24.0 Å². The normalized spacial score (nSPS) is 13.2. The van der Waals surface area contributed by atoms with Crippen LogP contribution in [0.4, 0.5) is 8.78 Å². The molecular weight excluding hydrogens is 206 g/mol. The van der Waals surface area contributed by atoms with Gasteiger partial charge in [0.15, 0.2) is 6.29 Å². The van der Waals surface area contributed by atoms with Gasteiger partial charge in [-0.15, -0.1) is 0 Å². The number of methoxy groups -OCH3 is 2. The Morgan fingerprint density at radius 2 is 1.80 bits per heavy atom. The van der Waals surface area contributed by atoms with E-state index in [1.807, 2.05) is 0 Å². The molecule has 0 aliphatic rings. The van der Waals surface area contributed by atoms with Crippen LogP contribution in [0.2, 0.25) is 0 Å². The molecule has 1 rings (SSSR count). The fraction of sp³-hybridized carbons (Fsp3) is 0.400. The Kier molecular flexibility index (Phi) is 4.14. The summed E-state index contributed by atoms with van der Waals surface area (Å²) in [5.41, 5.74) is -0.0647. The molecule has 0 aliphatic carbocycles. The van der Waals surface area contributed by atoms with Gasteiger partial charge in [-0.2, -0.15) is 0 Å². The van der Waals surface area contributed by atoms with Crippen LogP contribution < -0.4 is 0 Å². The molecule has 5 heteroatoms. The predicted octanol–water partition coefficient (Wildman–Crippen LogP) is 1.62. The monoisotopic (exact) mass is 218 g/mol. The van der Waals surface area contributed by atoms with Gasteiger partial charge in [-0.25, -0.2) is 8.78 Å². The largest absolute Gasteiger partial charge is 0.383 e. The van der Waals surface area contributed by atoms with Crippen LogP contribution in [0.1, 0.15) is 11.7 Å². The molecule has 0 saturated heterocycles. The van der Waals surface area contributed by atoms with Crippen molar-refractivity contribution < 1.29 is 23.4 Å². The molecule has 0 saturated carbocycles. The van der Waals surface area contributed by atoms with Gasteiger partial charge in [0, 0.05) is 25.8 Å². The van der Waals surface area contributed by atoms with Gasteiger partial charge in [-0.3, -0.25) is 0 Å². The van der Waals surface area contributed by atoms with Gasteiger partial charge in [0.05, 0.1) is 0 Å². The molecule has 0 spiro atoms. The molecule has 1 N–H and O–H groups in total. The van der Waals surface area contributed by atoms with Crippen LogP contribution in [-0.4, -0.2) is 25.6 Å². The highest BCUT2D eigenvalue weighted by Gasteiger charge is 2.23. The minimum Gasteiger partial charge on any atom is -0.383 e. The van der Waals surface area contributed by atoms with Crippen molar-refractivity contribution in [2.75, 3.05) is 14.2 Å². The lowest BCUT2D eigenvalue weighted by molar-refractivity contribution is -0.166. The number of hydrogen-bond acceptors (Lipinski definition) is 3. The summed E-state index contributed by atoms with van der Waals surface area (Å²) in [5.74, 6) is -1.53. The van der Waals surface area contributed by atoms with Crippen LogP contribution in [0.3, 0.4) is 0 Å². The average molecular weight is 218 g/mol. The summed E-state index contributed by atoms with van der Waals surface area (Å²) in [6.07, 6.45) is -2.27. The molecule has 0 bridgehead atoms. The number of benzene rings is 1. The number of hydrogen-bond donors (Lipinski definition) is 1. The fourth-order valence-electron chi connectivity index (χ4n) is 1.24. The smallest absolute Gasteiger partial charge is 0.187 e. The number of ether oxygens (including phenoxy) is 2. The van der Waals surface area contributed by atoms with Crippen molar-refractivity contribution in [1.29, 1.82) is 0 Å². The van der Waals surface area contributed by atoms with Gasteiger partial charge in [-0.1, -0.05) is 6.07 Å². The van der Waals surface area contributed by atoms with E-state index in [0.29, 0.717) is 6.07 Å². The van der Waals surface area contributed by atoms with Gasteiger partial charge in [-0.05, 0) is 6.07 Å². The van der Waals surface area contributed by atoms with Crippen LogP contribution >= 0.6 is 0 Å². The van der Waals surface area contributed by atoms with Crippen molar-refractivity contribution >= 4 is 0 Å². The summed E-state index contributed by atoms with van der Waals surface area (Å²) in [6, 6.07) is 2.91. The van der Waals surface area contributed by atoms with E-state index in [1.165, 1.54) is 14.2 Å². The van der Waals surface area contributed by atoms with Crippen molar-refractivity contribution in [2.45, 2.75) is 12.4 Å². The lowest BCUT2D eigenvalue weighted by atomic mass is 10.1. The molecule has 0 radical (unpaired) electrons. The van der Waals surface area contributed by atoms with Gasteiger partial charge in [0.1, 0.15) is 17.7 Å². The highest BCUT2D eigenvalue weighted by Crippen LogP contribution is 2.22. The summed E-state index contributed by atoms with van der Waals surface area (Å²) in [4.78, 5) is 0. The zero-order valence-corrected chi connectivity index (χ0v) is 8.41. The molecule has 0 fully saturated rings. The fourth-order valence-corrected chi connectivity index (χ4v) is 1.24. The van der Waals surface area contributed by atoms with Gasteiger partial charge in [0.2, 0.25) is 0 Å². The molecule has 3 nitrogen and oxygen atoms in total. The molecule has 1 unspecified atom stereocenters. The number of rotatable bonds is 4. The van der Waals surface area contributed by atoms with E-state index in [2.05, 4.69) is 0 Å². The first-order valence-corrected chi connectivity index (χ1v) is 4.28. The zero-order valence-electron chi connectivity index (χ0n) is 8.41. The Balaban J connectivity index is 2.94. The van der Waals surface area contributed by atoms with E-state index in [9.17, 15) is 13.9 Å². The predicted molar refractivity (Wildman–Crippen MR) is 49.1 cm³/mol. The SMILES string of the molecule is COC(OC)C(O)c1ccc(F)cc1F. The highest BCUT2D eigenvalue weighted by molar-refractivity contribution is 5.21. The maximum atomic E-state index is 13.2.